The summed E-state index contributed by atoms with van der Waals surface area (Å²) in [4.78, 5) is 22.3. The average Bonchev–Trinajstić information content (AvgIpc) is 3.00. The van der Waals surface area contributed by atoms with Gasteiger partial charge in [0.25, 0.3) is 0 Å². The lowest BCUT2D eigenvalue weighted by molar-refractivity contribution is -0.119. The van der Waals surface area contributed by atoms with Gasteiger partial charge in [0.05, 0.1) is 5.39 Å². The van der Waals surface area contributed by atoms with Crippen molar-refractivity contribution >= 4 is 39.2 Å². The second-order valence-corrected chi connectivity index (χ2v) is 6.14. The summed E-state index contributed by atoms with van der Waals surface area (Å²) in [7, 11) is 1.81. The molecule has 1 amide bonds. The number of hydrogen-bond donors (Lipinski definition) is 3. The lowest BCUT2D eigenvalue weighted by Crippen LogP contribution is -2.32. The maximum atomic E-state index is 11.2. The van der Waals surface area contributed by atoms with Gasteiger partial charge in [-0.3, -0.25) is 4.79 Å². The molecule has 3 heterocycles. The minimum Gasteiger partial charge on any atom is -0.367 e. The van der Waals surface area contributed by atoms with Crippen molar-refractivity contribution in [2.75, 3.05) is 24.2 Å². The van der Waals surface area contributed by atoms with Crippen LogP contribution in [0.2, 0.25) is 0 Å². The van der Waals surface area contributed by atoms with Crippen LogP contribution in [0.15, 0.2) is 6.07 Å². The molecule has 3 N–H and O–H groups in total. The molecule has 3 rings (SSSR count). The van der Waals surface area contributed by atoms with E-state index < -0.39 is 0 Å². The molecule has 1 atom stereocenters. The number of nitrogens with zero attached hydrogens (tertiary/aromatic N) is 2. The van der Waals surface area contributed by atoms with Crippen LogP contribution in [0.4, 0.5) is 11.8 Å². The van der Waals surface area contributed by atoms with Crippen molar-refractivity contribution in [1.29, 1.82) is 0 Å². The van der Waals surface area contributed by atoms with Crippen LogP contribution in [-0.2, 0) is 4.79 Å². The highest BCUT2D eigenvalue weighted by Crippen LogP contribution is 2.29. The predicted octanol–water partition coefficient (Wildman–Crippen LogP) is 1.73. The Hall–Kier alpha value is -1.89. The number of amides is 1. The van der Waals surface area contributed by atoms with Gasteiger partial charge in [-0.25, -0.2) is 4.98 Å². The summed E-state index contributed by atoms with van der Waals surface area (Å²) in [5.74, 6) is 1.56. The Balaban J connectivity index is 1.83. The summed E-state index contributed by atoms with van der Waals surface area (Å²) in [5.41, 5.74) is 0. The first-order valence-corrected chi connectivity index (χ1v) is 7.46. The number of anilines is 2. The van der Waals surface area contributed by atoms with Crippen LogP contribution in [-0.4, -0.2) is 35.5 Å². The second kappa shape index (κ2) is 5.24. The maximum absolute atomic E-state index is 11.2. The number of aromatic nitrogens is 2. The summed E-state index contributed by atoms with van der Waals surface area (Å²) in [6.07, 6.45) is 1.49. The van der Waals surface area contributed by atoms with Crippen LogP contribution in [0.3, 0.4) is 0 Å². The van der Waals surface area contributed by atoms with Gasteiger partial charge in [-0.05, 0) is 19.4 Å². The van der Waals surface area contributed by atoms with Crippen molar-refractivity contribution < 1.29 is 4.79 Å². The van der Waals surface area contributed by atoms with E-state index in [2.05, 4.69) is 38.9 Å². The van der Waals surface area contributed by atoms with E-state index in [9.17, 15) is 4.79 Å². The van der Waals surface area contributed by atoms with Gasteiger partial charge in [0, 0.05) is 30.9 Å². The summed E-state index contributed by atoms with van der Waals surface area (Å²) in [6.45, 7) is 2.75. The molecule has 1 fully saturated rings. The molecule has 1 aliphatic rings. The third-order valence-electron chi connectivity index (χ3n) is 3.34. The summed E-state index contributed by atoms with van der Waals surface area (Å²) in [6, 6.07) is 2.28. The fraction of sp³-hybridized carbons (Fsp3) is 0.462. The lowest BCUT2D eigenvalue weighted by Gasteiger charge is -2.13. The fourth-order valence-corrected chi connectivity index (χ4v) is 3.22. The topological polar surface area (TPSA) is 78.9 Å². The van der Waals surface area contributed by atoms with Gasteiger partial charge in [0.1, 0.15) is 10.6 Å². The third-order valence-corrected chi connectivity index (χ3v) is 4.28. The van der Waals surface area contributed by atoms with Gasteiger partial charge >= 0.3 is 0 Å². The molecule has 0 bridgehead atoms. The van der Waals surface area contributed by atoms with E-state index >= 15 is 0 Å². The highest BCUT2D eigenvalue weighted by molar-refractivity contribution is 7.18. The van der Waals surface area contributed by atoms with Gasteiger partial charge in [-0.2, -0.15) is 4.98 Å². The monoisotopic (exact) mass is 291 g/mol. The molecule has 0 spiro atoms. The van der Waals surface area contributed by atoms with Crippen molar-refractivity contribution in [1.82, 2.24) is 15.3 Å². The van der Waals surface area contributed by atoms with Crippen molar-refractivity contribution in [2.24, 2.45) is 0 Å². The molecule has 2 aromatic rings. The number of carbonyl (C=O) groups excluding carboxylic acids is 1. The fourth-order valence-electron chi connectivity index (χ4n) is 2.34. The van der Waals surface area contributed by atoms with Crippen LogP contribution in [0.1, 0.15) is 17.7 Å². The number of rotatable bonds is 4. The molecule has 0 aromatic carbocycles. The van der Waals surface area contributed by atoms with Crippen LogP contribution in [0.5, 0.6) is 0 Å². The van der Waals surface area contributed by atoms with Gasteiger partial charge in [-0.1, -0.05) is 0 Å². The Morgan fingerprint density at radius 1 is 1.50 bits per heavy atom. The maximum Gasteiger partial charge on any atom is 0.225 e. The van der Waals surface area contributed by atoms with Crippen molar-refractivity contribution in [3.05, 3.63) is 10.9 Å². The highest BCUT2D eigenvalue weighted by Gasteiger charge is 2.21. The molecule has 0 saturated carbocycles. The average molecular weight is 291 g/mol. The smallest absolute Gasteiger partial charge is 0.225 e. The van der Waals surface area contributed by atoms with E-state index in [1.165, 1.54) is 4.88 Å². The largest absolute Gasteiger partial charge is 0.367 e. The van der Waals surface area contributed by atoms with Crippen LogP contribution < -0.4 is 16.0 Å². The lowest BCUT2D eigenvalue weighted by atomic mass is 10.2. The van der Waals surface area contributed by atoms with Crippen LogP contribution in [0, 0.1) is 6.92 Å². The van der Waals surface area contributed by atoms with Gasteiger partial charge in [-0.15, -0.1) is 11.3 Å². The number of thiophene rings is 1. The number of fused-ring (bicyclic) bond motifs is 1. The molecule has 1 saturated heterocycles. The Kier molecular flexibility index (Phi) is 3.43. The van der Waals surface area contributed by atoms with Crippen LogP contribution >= 0.6 is 11.3 Å². The van der Waals surface area contributed by atoms with Crippen molar-refractivity contribution in [2.45, 2.75) is 25.8 Å². The quantitative estimate of drug-likeness (QED) is 0.799. The molecule has 6 nitrogen and oxygen atoms in total. The van der Waals surface area contributed by atoms with Gasteiger partial charge < -0.3 is 16.0 Å². The first-order chi connectivity index (χ1) is 9.65. The zero-order valence-corrected chi connectivity index (χ0v) is 12.3. The minimum atomic E-state index is 0.131. The first-order valence-electron chi connectivity index (χ1n) is 6.65. The molecule has 0 aliphatic carbocycles. The summed E-state index contributed by atoms with van der Waals surface area (Å²) in [5, 5.41) is 10.3. The van der Waals surface area contributed by atoms with E-state index in [0.29, 0.717) is 18.9 Å². The van der Waals surface area contributed by atoms with E-state index in [4.69, 9.17) is 0 Å². The molecule has 7 heteroatoms. The number of aryl methyl sites for hydroxylation is 1. The SMILES string of the molecule is CNc1nc(NCC2CCC(=O)N2)c2cc(C)sc2n1. The molecule has 0 radical (unpaired) electrons. The van der Waals surface area contributed by atoms with E-state index in [-0.39, 0.29) is 11.9 Å². The third kappa shape index (κ3) is 2.53. The number of carbonyl (C=O) groups is 1. The molecule has 1 unspecified atom stereocenters. The molecule has 20 heavy (non-hydrogen) atoms. The number of hydrogen-bond acceptors (Lipinski definition) is 6. The van der Waals surface area contributed by atoms with Gasteiger partial charge in [0.15, 0.2) is 0 Å². The first kappa shape index (κ1) is 13.1. The Labute approximate surface area is 121 Å². The van der Waals surface area contributed by atoms with Crippen molar-refractivity contribution in [3.8, 4) is 0 Å². The van der Waals surface area contributed by atoms with E-state index in [0.717, 1.165) is 22.5 Å². The standard InChI is InChI=1S/C13H17N5OS/c1-7-5-9-11(15-6-8-3-4-10(19)16-8)17-13(14-2)18-12(9)20-7/h5,8H,3-4,6H2,1-2H3,(H,16,19)(H2,14,15,17,18). The Bertz CT molecular complexity index is 653. The summed E-state index contributed by atoms with van der Waals surface area (Å²) < 4.78 is 0. The zero-order chi connectivity index (χ0) is 14.1. The van der Waals surface area contributed by atoms with Crippen LogP contribution in [0.25, 0.3) is 10.2 Å². The highest BCUT2D eigenvalue weighted by atomic mass is 32.1. The molecular weight excluding hydrogens is 274 g/mol. The Morgan fingerprint density at radius 2 is 2.35 bits per heavy atom. The minimum absolute atomic E-state index is 0.131. The molecule has 2 aromatic heterocycles. The normalized spacial score (nSPS) is 18.3. The zero-order valence-electron chi connectivity index (χ0n) is 11.5. The molecule has 106 valence electrons. The van der Waals surface area contributed by atoms with Gasteiger partial charge in [0.2, 0.25) is 11.9 Å². The molecular formula is C13H17N5OS. The van der Waals surface area contributed by atoms with E-state index in [1.54, 1.807) is 11.3 Å². The Morgan fingerprint density at radius 3 is 3.05 bits per heavy atom. The number of nitrogens with one attached hydrogen (secondary N) is 3. The van der Waals surface area contributed by atoms with E-state index in [1.807, 2.05) is 7.05 Å². The molecule has 1 aliphatic heterocycles. The van der Waals surface area contributed by atoms with Crippen molar-refractivity contribution in [3.63, 3.8) is 0 Å². The second-order valence-electron chi connectivity index (χ2n) is 4.91. The predicted molar refractivity (Wildman–Crippen MR) is 81.4 cm³/mol. The summed E-state index contributed by atoms with van der Waals surface area (Å²) >= 11 is 1.65.